The van der Waals surface area contributed by atoms with Gasteiger partial charge in [-0.05, 0) is 24.0 Å². The van der Waals surface area contributed by atoms with Crippen molar-refractivity contribution in [2.24, 2.45) is 11.8 Å². The Hall–Kier alpha value is -1.40. The number of nitrogens with one attached hydrogen (secondary N) is 1. The van der Waals surface area contributed by atoms with E-state index >= 15 is 0 Å². The molecule has 1 N–H and O–H groups in total. The molecule has 0 aromatic heterocycles. The van der Waals surface area contributed by atoms with Crippen LogP contribution in [-0.2, 0) is 21.4 Å². The molecular formula is C14H20N2O3S. The van der Waals surface area contributed by atoms with Crippen molar-refractivity contribution in [1.29, 1.82) is 0 Å². The molecule has 0 bridgehead atoms. The largest absolute Gasteiger partial charge is 0.352 e. The molecule has 2 rings (SSSR count). The lowest BCUT2D eigenvalue weighted by Crippen LogP contribution is -2.28. The maximum Gasteiger partial charge on any atom is 0.242 e. The summed E-state index contributed by atoms with van der Waals surface area (Å²) in [6.45, 7) is 2.28. The average molecular weight is 296 g/mol. The summed E-state index contributed by atoms with van der Waals surface area (Å²) in [4.78, 5) is 12.1. The molecule has 0 spiro atoms. The summed E-state index contributed by atoms with van der Waals surface area (Å²) in [5, 5.41) is 2.82. The van der Waals surface area contributed by atoms with Crippen LogP contribution in [0.3, 0.4) is 0 Å². The zero-order valence-corrected chi connectivity index (χ0v) is 12.8. The molecule has 6 heteroatoms. The van der Waals surface area contributed by atoms with Gasteiger partial charge in [-0.3, -0.25) is 4.79 Å². The number of hydrogen-bond acceptors (Lipinski definition) is 3. The molecular weight excluding hydrogens is 276 g/mol. The lowest BCUT2D eigenvalue weighted by molar-refractivity contribution is -0.122. The fraction of sp³-hybridized carbons (Fsp3) is 0.500. The van der Waals surface area contributed by atoms with E-state index in [4.69, 9.17) is 0 Å². The minimum atomic E-state index is -3.49. The summed E-state index contributed by atoms with van der Waals surface area (Å²) in [5.74, 6) is 0.540. The lowest BCUT2D eigenvalue weighted by Gasteiger charge is -2.15. The third-order valence-electron chi connectivity index (χ3n) is 3.63. The monoisotopic (exact) mass is 296 g/mol. The number of carbonyl (C=O) groups excluding carboxylic acids is 1. The van der Waals surface area contributed by atoms with E-state index in [0.29, 0.717) is 11.5 Å². The van der Waals surface area contributed by atoms with E-state index in [1.54, 1.807) is 24.3 Å². The van der Waals surface area contributed by atoms with Crippen LogP contribution < -0.4 is 5.32 Å². The molecule has 1 aromatic carbocycles. The van der Waals surface area contributed by atoms with Crippen LogP contribution in [0.4, 0.5) is 0 Å². The second kappa shape index (κ2) is 5.54. The third kappa shape index (κ3) is 3.02. The Kier molecular flexibility index (Phi) is 4.15. The molecule has 0 unspecified atom stereocenters. The van der Waals surface area contributed by atoms with Gasteiger partial charge in [0.15, 0.2) is 0 Å². The summed E-state index contributed by atoms with van der Waals surface area (Å²) in [6, 6.07) is 6.75. The maximum atomic E-state index is 12.2. The highest BCUT2D eigenvalue weighted by Gasteiger charge is 2.38. The molecule has 5 nitrogen and oxygen atoms in total. The molecule has 1 fully saturated rings. The quantitative estimate of drug-likeness (QED) is 0.888. The van der Waals surface area contributed by atoms with Crippen molar-refractivity contribution >= 4 is 15.9 Å². The summed E-state index contributed by atoms with van der Waals surface area (Å²) in [5.41, 5.74) is 0.614. The van der Waals surface area contributed by atoms with E-state index in [9.17, 15) is 13.2 Å². The van der Waals surface area contributed by atoms with Crippen LogP contribution in [-0.4, -0.2) is 32.7 Å². The minimum Gasteiger partial charge on any atom is -0.352 e. The van der Waals surface area contributed by atoms with Crippen molar-refractivity contribution in [3.05, 3.63) is 29.8 Å². The van der Waals surface area contributed by atoms with Crippen LogP contribution in [0.25, 0.3) is 0 Å². The third-order valence-corrected chi connectivity index (χ3v) is 5.55. The lowest BCUT2D eigenvalue weighted by atomic mass is 10.2. The second-order valence-electron chi connectivity index (χ2n) is 5.43. The highest BCUT2D eigenvalue weighted by atomic mass is 32.2. The number of nitrogens with zero attached hydrogens (tertiary/aromatic N) is 1. The normalized spacial score (nSPS) is 21.8. The molecule has 1 saturated carbocycles. The molecule has 110 valence electrons. The first-order valence-corrected chi connectivity index (χ1v) is 8.06. The first kappa shape index (κ1) is 15.0. The van der Waals surface area contributed by atoms with Gasteiger partial charge in [0.25, 0.3) is 0 Å². The van der Waals surface area contributed by atoms with Crippen molar-refractivity contribution in [3.8, 4) is 0 Å². The van der Waals surface area contributed by atoms with E-state index < -0.39 is 10.0 Å². The minimum absolute atomic E-state index is 0.00885. The van der Waals surface area contributed by atoms with Gasteiger partial charge in [-0.2, -0.15) is 0 Å². The predicted molar refractivity (Wildman–Crippen MR) is 76.4 cm³/mol. The van der Waals surface area contributed by atoms with Crippen molar-refractivity contribution in [1.82, 2.24) is 9.62 Å². The molecule has 0 heterocycles. The van der Waals surface area contributed by atoms with Crippen LogP contribution in [0.2, 0.25) is 0 Å². The van der Waals surface area contributed by atoms with Gasteiger partial charge in [-0.1, -0.05) is 25.1 Å². The van der Waals surface area contributed by atoms with E-state index in [1.165, 1.54) is 18.4 Å². The molecule has 1 aliphatic carbocycles. The summed E-state index contributed by atoms with van der Waals surface area (Å²) in [7, 11) is -0.496. The Morgan fingerprint density at radius 2 is 1.95 bits per heavy atom. The average Bonchev–Trinajstić information content (AvgIpc) is 3.13. The fourth-order valence-corrected chi connectivity index (χ4v) is 3.21. The number of carbonyl (C=O) groups is 1. The zero-order valence-electron chi connectivity index (χ0n) is 12.0. The molecule has 0 aliphatic heterocycles. The Morgan fingerprint density at radius 3 is 2.50 bits per heavy atom. The van der Waals surface area contributed by atoms with Crippen LogP contribution >= 0.6 is 0 Å². The SMILES string of the molecule is C[C@@H]1C[C@@H]1C(=O)NCc1ccccc1S(=O)(=O)N(C)C. The number of rotatable bonds is 5. The molecule has 1 aromatic rings. The molecule has 0 saturated heterocycles. The van der Waals surface area contributed by atoms with E-state index in [0.717, 1.165) is 6.42 Å². The number of benzene rings is 1. The van der Waals surface area contributed by atoms with Crippen LogP contribution in [0.15, 0.2) is 29.2 Å². The molecule has 1 aliphatic rings. The molecule has 2 atom stereocenters. The van der Waals surface area contributed by atoms with Gasteiger partial charge < -0.3 is 5.32 Å². The van der Waals surface area contributed by atoms with E-state index in [1.807, 2.05) is 6.92 Å². The Labute approximate surface area is 120 Å². The van der Waals surface area contributed by atoms with Crippen molar-refractivity contribution in [2.45, 2.75) is 24.8 Å². The van der Waals surface area contributed by atoms with Crippen molar-refractivity contribution < 1.29 is 13.2 Å². The topological polar surface area (TPSA) is 66.5 Å². The van der Waals surface area contributed by atoms with Gasteiger partial charge in [-0.25, -0.2) is 12.7 Å². The molecule has 1 amide bonds. The van der Waals surface area contributed by atoms with E-state index in [2.05, 4.69) is 5.32 Å². The first-order valence-electron chi connectivity index (χ1n) is 6.62. The van der Waals surface area contributed by atoms with Crippen molar-refractivity contribution in [3.63, 3.8) is 0 Å². The standard InChI is InChI=1S/C14H20N2O3S/c1-10-8-12(10)14(17)15-9-11-6-4-5-7-13(11)20(18,19)16(2)3/h4-7,10,12H,8-9H2,1-3H3,(H,15,17)/t10-,12+/m1/s1. The van der Waals surface area contributed by atoms with Crippen LogP contribution in [0, 0.1) is 11.8 Å². The number of sulfonamides is 1. The highest BCUT2D eigenvalue weighted by molar-refractivity contribution is 7.89. The van der Waals surface area contributed by atoms with Crippen LogP contribution in [0.5, 0.6) is 0 Å². The van der Waals surface area contributed by atoms with Gasteiger partial charge in [0.1, 0.15) is 0 Å². The number of hydrogen-bond donors (Lipinski definition) is 1. The number of amides is 1. The Bertz CT molecular complexity index is 611. The van der Waals surface area contributed by atoms with Gasteiger partial charge in [0.2, 0.25) is 15.9 Å². The molecule has 0 radical (unpaired) electrons. The van der Waals surface area contributed by atoms with Crippen molar-refractivity contribution in [2.75, 3.05) is 14.1 Å². The Balaban J connectivity index is 2.14. The smallest absolute Gasteiger partial charge is 0.242 e. The van der Waals surface area contributed by atoms with Gasteiger partial charge in [0, 0.05) is 26.6 Å². The summed E-state index contributed by atoms with van der Waals surface area (Å²) < 4.78 is 25.6. The van der Waals surface area contributed by atoms with E-state index in [-0.39, 0.29) is 23.3 Å². The predicted octanol–water partition coefficient (Wildman–Crippen LogP) is 1.21. The second-order valence-corrected chi connectivity index (χ2v) is 7.55. The van der Waals surface area contributed by atoms with Crippen LogP contribution in [0.1, 0.15) is 18.9 Å². The van der Waals surface area contributed by atoms with Gasteiger partial charge >= 0.3 is 0 Å². The van der Waals surface area contributed by atoms with Gasteiger partial charge in [-0.15, -0.1) is 0 Å². The summed E-state index contributed by atoms with van der Waals surface area (Å²) in [6.07, 6.45) is 0.920. The highest BCUT2D eigenvalue weighted by Crippen LogP contribution is 2.37. The maximum absolute atomic E-state index is 12.2. The Morgan fingerprint density at radius 1 is 1.35 bits per heavy atom. The fourth-order valence-electron chi connectivity index (χ4n) is 2.10. The molecule has 20 heavy (non-hydrogen) atoms. The zero-order chi connectivity index (χ0) is 14.9. The summed E-state index contributed by atoms with van der Waals surface area (Å²) >= 11 is 0. The van der Waals surface area contributed by atoms with Gasteiger partial charge in [0.05, 0.1) is 4.90 Å². The first-order chi connectivity index (χ1) is 9.34.